The second-order valence-corrected chi connectivity index (χ2v) is 13.1. The predicted octanol–water partition coefficient (Wildman–Crippen LogP) is 7.78. The maximum atomic E-state index is 16.4. The number of carbonyl (C=O) groups is 2. The van der Waals surface area contributed by atoms with Crippen molar-refractivity contribution >= 4 is 11.9 Å². The first-order valence-electron chi connectivity index (χ1n) is 15.6. The van der Waals surface area contributed by atoms with Crippen LogP contribution in [0.5, 0.6) is 0 Å². The predicted molar refractivity (Wildman–Crippen MR) is 171 cm³/mol. The summed E-state index contributed by atoms with van der Waals surface area (Å²) in [7, 11) is 3.22. The van der Waals surface area contributed by atoms with Crippen molar-refractivity contribution in [1.82, 2.24) is 14.8 Å². The number of alkyl halides is 6. The van der Waals surface area contributed by atoms with Gasteiger partial charge in [-0.15, -0.1) is 0 Å². The fraction of sp³-hybridized carbons (Fsp3) is 0.457. The van der Waals surface area contributed by atoms with Gasteiger partial charge in [-0.05, 0) is 81.9 Å². The molecule has 0 bridgehead atoms. The first-order chi connectivity index (χ1) is 22.9. The van der Waals surface area contributed by atoms with Gasteiger partial charge in [0.25, 0.3) is 5.56 Å². The number of carboxylic acid groups (broad SMARTS) is 1. The molecule has 0 aliphatic rings. The minimum Gasteiger partial charge on any atom is -0.481 e. The molecule has 15 heteroatoms. The highest BCUT2D eigenvalue weighted by Crippen LogP contribution is 2.42. The van der Waals surface area contributed by atoms with Crippen molar-refractivity contribution < 1.29 is 49.8 Å². The minimum absolute atomic E-state index is 0.000467. The van der Waals surface area contributed by atoms with Gasteiger partial charge in [0, 0.05) is 29.9 Å². The first-order valence-corrected chi connectivity index (χ1v) is 15.6. The molecule has 0 radical (unpaired) electrons. The number of halogens is 8. The van der Waals surface area contributed by atoms with Gasteiger partial charge in [0.15, 0.2) is 0 Å². The number of carbonyl (C=O) groups excluding carboxylic acids is 1. The molecule has 3 aromatic rings. The molecular weight excluding hydrogens is 678 g/mol. The molecule has 0 fully saturated rings. The molecule has 274 valence electrons. The Morgan fingerprint density at radius 2 is 1.46 bits per heavy atom. The molecule has 3 rings (SSSR count). The van der Waals surface area contributed by atoms with Crippen LogP contribution < -0.4 is 10.9 Å². The Hall–Kier alpha value is -4.27. The molecule has 0 aliphatic heterocycles. The highest BCUT2D eigenvalue weighted by Gasteiger charge is 2.41. The summed E-state index contributed by atoms with van der Waals surface area (Å²) >= 11 is 0. The average molecular weight is 718 g/mol. The van der Waals surface area contributed by atoms with Gasteiger partial charge in [-0.1, -0.05) is 31.5 Å². The van der Waals surface area contributed by atoms with Crippen molar-refractivity contribution in [3.63, 3.8) is 0 Å². The van der Waals surface area contributed by atoms with Crippen LogP contribution >= 0.6 is 0 Å². The average Bonchev–Trinajstić information content (AvgIpc) is 2.94. The monoisotopic (exact) mass is 717 g/mol. The number of nitrogens with one attached hydrogen (secondary N) is 1. The van der Waals surface area contributed by atoms with E-state index in [-0.39, 0.29) is 36.6 Å². The highest BCUT2D eigenvalue weighted by atomic mass is 19.4. The number of rotatable bonds is 12. The SMILES string of the molecule is Cc1cc(C)c(-c2cc(C(F)(F)F)c(F)c(C(CC(=O)O)NC(=O)C(CC(C)C)n3cc(CCN(C)C)c(C(F)(F)F)cc3=O)c2F)c(C)c1. The molecule has 2 unspecified atom stereocenters. The van der Waals surface area contributed by atoms with Crippen molar-refractivity contribution in [2.45, 2.75) is 78.3 Å². The fourth-order valence-electron chi connectivity index (χ4n) is 6.06. The molecule has 0 saturated carbocycles. The van der Waals surface area contributed by atoms with Gasteiger partial charge in [0.1, 0.15) is 17.7 Å². The van der Waals surface area contributed by atoms with E-state index in [0.29, 0.717) is 22.8 Å². The van der Waals surface area contributed by atoms with Crippen molar-refractivity contribution in [3.8, 4) is 11.1 Å². The van der Waals surface area contributed by atoms with Crippen molar-refractivity contribution in [2.75, 3.05) is 20.6 Å². The van der Waals surface area contributed by atoms with Crippen LogP contribution in [0, 0.1) is 38.3 Å². The Morgan fingerprint density at radius 3 is 1.94 bits per heavy atom. The summed E-state index contributed by atoms with van der Waals surface area (Å²) in [6, 6.07) is -0.126. The Kier molecular flexibility index (Phi) is 12.3. The third-order valence-electron chi connectivity index (χ3n) is 8.16. The maximum Gasteiger partial charge on any atom is 0.419 e. The van der Waals surface area contributed by atoms with Gasteiger partial charge < -0.3 is 19.9 Å². The summed E-state index contributed by atoms with van der Waals surface area (Å²) in [6.45, 7) is 8.07. The Labute approximate surface area is 283 Å². The number of amides is 1. The summed E-state index contributed by atoms with van der Waals surface area (Å²) in [4.78, 5) is 40.6. The fourth-order valence-corrected chi connectivity index (χ4v) is 6.06. The highest BCUT2D eigenvalue weighted by molar-refractivity contribution is 5.82. The molecule has 1 amide bonds. The van der Waals surface area contributed by atoms with Crippen LogP contribution in [0.3, 0.4) is 0 Å². The lowest BCUT2D eigenvalue weighted by atomic mass is 9.88. The number of benzene rings is 2. The van der Waals surface area contributed by atoms with Crippen molar-refractivity contribution in [3.05, 3.63) is 91.4 Å². The molecule has 0 saturated heterocycles. The Morgan fingerprint density at radius 1 is 0.900 bits per heavy atom. The van der Waals surface area contributed by atoms with Gasteiger partial charge in [-0.25, -0.2) is 8.78 Å². The summed E-state index contributed by atoms with van der Waals surface area (Å²) in [5.74, 6) is -7.09. The Balaban J connectivity index is 2.29. The van der Waals surface area contributed by atoms with E-state index in [9.17, 15) is 45.8 Å². The van der Waals surface area contributed by atoms with Gasteiger partial charge in [0.05, 0.1) is 23.6 Å². The zero-order valence-corrected chi connectivity index (χ0v) is 28.5. The van der Waals surface area contributed by atoms with Crippen LogP contribution in [0.25, 0.3) is 11.1 Å². The molecular formula is C35H39F8N3O4. The lowest BCUT2D eigenvalue weighted by molar-refractivity contribution is -0.140. The van der Waals surface area contributed by atoms with Crippen molar-refractivity contribution in [1.29, 1.82) is 0 Å². The zero-order valence-electron chi connectivity index (χ0n) is 28.5. The largest absolute Gasteiger partial charge is 0.481 e. The van der Waals surface area contributed by atoms with Gasteiger partial charge >= 0.3 is 18.3 Å². The standard InChI is InChI=1S/C35H39F8N3O4/c1-17(2)10-26(46-16-21(8-9-45(6)7)23(14-27(46)47)34(38,39)40)33(50)44-25(15-28(48)49)30-31(36)22(13-24(32(30)37)35(41,42)43)29-19(4)11-18(3)12-20(29)5/h11-14,16-17,25-26H,8-10,15H2,1-7H3,(H,44,50)(H,48,49). The summed E-state index contributed by atoms with van der Waals surface area (Å²) in [5, 5.41) is 11.8. The molecule has 0 spiro atoms. The summed E-state index contributed by atoms with van der Waals surface area (Å²) < 4.78 is 117. The second kappa shape index (κ2) is 15.3. The van der Waals surface area contributed by atoms with E-state index in [0.717, 1.165) is 10.8 Å². The third-order valence-corrected chi connectivity index (χ3v) is 8.16. The first kappa shape index (κ1) is 40.2. The molecule has 1 heterocycles. The third kappa shape index (κ3) is 9.29. The smallest absolute Gasteiger partial charge is 0.419 e. The molecule has 2 atom stereocenters. The van der Waals surface area contributed by atoms with E-state index in [2.05, 4.69) is 5.32 Å². The number of pyridine rings is 1. The van der Waals surface area contributed by atoms with Crippen molar-refractivity contribution in [2.24, 2.45) is 5.92 Å². The van der Waals surface area contributed by atoms with Gasteiger partial charge in [0.2, 0.25) is 5.91 Å². The zero-order chi connectivity index (χ0) is 38.0. The van der Waals surface area contributed by atoms with Crippen LogP contribution in [0.4, 0.5) is 35.1 Å². The number of likely N-dealkylation sites (N-methyl/N-ethyl adjacent to an activating group) is 1. The molecule has 2 N–H and O–H groups in total. The normalized spacial score (nSPS) is 13.5. The molecule has 1 aromatic heterocycles. The maximum absolute atomic E-state index is 16.4. The van der Waals surface area contributed by atoms with Crippen LogP contribution in [-0.2, 0) is 28.4 Å². The molecule has 2 aromatic carbocycles. The van der Waals surface area contributed by atoms with Crippen LogP contribution in [0.2, 0.25) is 0 Å². The van der Waals surface area contributed by atoms with E-state index in [1.165, 1.54) is 13.8 Å². The van der Waals surface area contributed by atoms with Gasteiger partial charge in [-0.2, -0.15) is 26.3 Å². The van der Waals surface area contributed by atoms with E-state index >= 15 is 8.78 Å². The quantitative estimate of drug-likeness (QED) is 0.187. The number of aromatic nitrogens is 1. The minimum atomic E-state index is -5.37. The number of nitrogens with zero attached hydrogens (tertiary/aromatic N) is 2. The lowest BCUT2D eigenvalue weighted by Crippen LogP contribution is -2.41. The van der Waals surface area contributed by atoms with E-state index in [1.807, 2.05) is 0 Å². The summed E-state index contributed by atoms with van der Waals surface area (Å²) in [5.41, 5.74) is -5.38. The number of hydrogen-bond acceptors (Lipinski definition) is 4. The molecule has 0 aliphatic carbocycles. The van der Waals surface area contributed by atoms with Crippen LogP contribution in [0.1, 0.15) is 77.7 Å². The van der Waals surface area contributed by atoms with E-state index < -0.39 is 88.1 Å². The van der Waals surface area contributed by atoms with Gasteiger partial charge in [-0.3, -0.25) is 14.4 Å². The summed E-state index contributed by atoms with van der Waals surface area (Å²) in [6.07, 6.45) is -11.1. The molecule has 50 heavy (non-hydrogen) atoms. The number of aliphatic carboxylic acids is 1. The second-order valence-electron chi connectivity index (χ2n) is 13.1. The number of hydrogen-bond donors (Lipinski definition) is 2. The van der Waals surface area contributed by atoms with Crippen LogP contribution in [0.15, 0.2) is 35.3 Å². The number of aryl methyl sites for hydroxylation is 3. The topological polar surface area (TPSA) is 91.6 Å². The lowest BCUT2D eigenvalue weighted by Gasteiger charge is -2.27. The van der Waals surface area contributed by atoms with E-state index in [1.54, 1.807) is 51.9 Å². The Bertz CT molecular complexity index is 1790. The van der Waals surface area contributed by atoms with E-state index in [4.69, 9.17) is 0 Å². The number of carboxylic acids is 1. The van der Waals surface area contributed by atoms with Crippen LogP contribution in [-0.4, -0.2) is 47.1 Å². The molecule has 7 nitrogen and oxygen atoms in total.